The molecular formula is C14H16N2O3. The average Bonchev–Trinajstić information content (AvgIpc) is 3.10. The zero-order chi connectivity index (χ0) is 13.4. The van der Waals surface area contributed by atoms with Crippen LogP contribution < -0.4 is 15.4 Å². The lowest BCUT2D eigenvalue weighted by Gasteiger charge is -2.10. The minimum absolute atomic E-state index is 0.109. The molecule has 19 heavy (non-hydrogen) atoms. The van der Waals surface area contributed by atoms with Crippen LogP contribution in [0.15, 0.2) is 12.1 Å². The smallest absolute Gasteiger partial charge is 0.254 e. The molecule has 2 N–H and O–H groups in total. The first kappa shape index (κ1) is 12.0. The third-order valence-corrected chi connectivity index (χ3v) is 3.43. The van der Waals surface area contributed by atoms with Crippen molar-refractivity contribution in [1.29, 1.82) is 0 Å². The van der Waals surface area contributed by atoms with E-state index in [2.05, 4.69) is 10.6 Å². The van der Waals surface area contributed by atoms with Gasteiger partial charge in [0.15, 0.2) is 0 Å². The Morgan fingerprint density at radius 2 is 2.05 bits per heavy atom. The van der Waals surface area contributed by atoms with Crippen LogP contribution in [0.3, 0.4) is 0 Å². The molecule has 1 aliphatic heterocycles. The van der Waals surface area contributed by atoms with Crippen LogP contribution >= 0.6 is 0 Å². The summed E-state index contributed by atoms with van der Waals surface area (Å²) < 4.78 is 5.49. The zero-order valence-corrected chi connectivity index (χ0v) is 10.8. The van der Waals surface area contributed by atoms with E-state index in [0.717, 1.165) is 24.8 Å². The number of hydrogen-bond donors (Lipinski definition) is 2. The van der Waals surface area contributed by atoms with E-state index in [1.807, 2.05) is 6.07 Å². The Kier molecular flexibility index (Phi) is 2.89. The molecule has 0 radical (unpaired) electrons. The van der Waals surface area contributed by atoms with E-state index in [-0.39, 0.29) is 11.8 Å². The summed E-state index contributed by atoms with van der Waals surface area (Å²) >= 11 is 0. The zero-order valence-electron chi connectivity index (χ0n) is 10.8. The van der Waals surface area contributed by atoms with Gasteiger partial charge in [0.1, 0.15) is 5.75 Å². The van der Waals surface area contributed by atoms with Gasteiger partial charge in [-0.25, -0.2) is 0 Å². The van der Waals surface area contributed by atoms with Crippen molar-refractivity contribution >= 4 is 11.8 Å². The Morgan fingerprint density at radius 3 is 2.74 bits per heavy atom. The van der Waals surface area contributed by atoms with E-state index in [4.69, 9.17) is 4.74 Å². The van der Waals surface area contributed by atoms with Gasteiger partial charge >= 0.3 is 0 Å². The minimum Gasteiger partial charge on any atom is -0.492 e. The molecule has 1 saturated carbocycles. The molecule has 1 aliphatic carbocycles. The fourth-order valence-corrected chi connectivity index (χ4v) is 2.24. The van der Waals surface area contributed by atoms with Crippen molar-refractivity contribution < 1.29 is 14.3 Å². The Morgan fingerprint density at radius 1 is 1.26 bits per heavy atom. The van der Waals surface area contributed by atoms with Gasteiger partial charge in [-0.3, -0.25) is 9.59 Å². The first-order chi connectivity index (χ1) is 9.19. The van der Waals surface area contributed by atoms with E-state index in [1.54, 1.807) is 13.1 Å². The van der Waals surface area contributed by atoms with Crippen LogP contribution in [0, 0.1) is 0 Å². The molecule has 0 spiro atoms. The number of amides is 2. The molecule has 100 valence electrons. The summed E-state index contributed by atoms with van der Waals surface area (Å²) in [7, 11) is 1.57. The predicted octanol–water partition coefficient (Wildman–Crippen LogP) is 0.873. The molecule has 1 heterocycles. The number of hydrogen-bond acceptors (Lipinski definition) is 3. The highest BCUT2D eigenvalue weighted by atomic mass is 16.5. The largest absolute Gasteiger partial charge is 0.492 e. The van der Waals surface area contributed by atoms with Crippen molar-refractivity contribution in [2.75, 3.05) is 13.7 Å². The molecule has 1 fully saturated rings. The summed E-state index contributed by atoms with van der Waals surface area (Å²) in [6.07, 6.45) is 2.83. The Balaban J connectivity index is 1.96. The van der Waals surface area contributed by atoms with Gasteiger partial charge < -0.3 is 15.4 Å². The molecule has 5 heteroatoms. The highest BCUT2D eigenvalue weighted by Gasteiger charge is 2.27. The van der Waals surface area contributed by atoms with E-state index in [9.17, 15) is 9.59 Å². The van der Waals surface area contributed by atoms with E-state index >= 15 is 0 Å². The predicted molar refractivity (Wildman–Crippen MR) is 69.5 cm³/mol. The summed E-state index contributed by atoms with van der Waals surface area (Å²) in [4.78, 5) is 23.9. The summed E-state index contributed by atoms with van der Waals surface area (Å²) in [5, 5.41) is 5.51. The minimum atomic E-state index is -0.223. The van der Waals surface area contributed by atoms with Crippen molar-refractivity contribution in [3.63, 3.8) is 0 Å². The van der Waals surface area contributed by atoms with Gasteiger partial charge in [-0.05, 0) is 30.5 Å². The van der Waals surface area contributed by atoms with Crippen LogP contribution in [0.25, 0.3) is 0 Å². The number of carbonyl (C=O) groups is 2. The summed E-state index contributed by atoms with van der Waals surface area (Å²) in [6, 6.07) is 3.74. The highest BCUT2D eigenvalue weighted by molar-refractivity contribution is 6.02. The van der Waals surface area contributed by atoms with Crippen molar-refractivity contribution in [3.8, 4) is 5.75 Å². The van der Waals surface area contributed by atoms with Crippen LogP contribution in [0.1, 0.15) is 39.1 Å². The maximum atomic E-state index is 12.1. The Labute approximate surface area is 111 Å². The van der Waals surface area contributed by atoms with Gasteiger partial charge in [0.2, 0.25) is 0 Å². The van der Waals surface area contributed by atoms with Gasteiger partial charge in [-0.2, -0.15) is 0 Å². The molecule has 0 saturated heterocycles. The molecule has 0 aromatic heterocycles. The molecule has 0 bridgehead atoms. The van der Waals surface area contributed by atoms with Crippen LogP contribution in [0.4, 0.5) is 0 Å². The van der Waals surface area contributed by atoms with Crippen molar-refractivity contribution in [2.45, 2.75) is 25.3 Å². The number of fused-ring (bicyclic) bond motifs is 1. The standard InChI is InChI=1S/C14H16N2O3/c1-15-14(18)11-7-9(13(17)16-10-2-3-10)6-8-4-5-19-12(8)11/h6-7,10H,2-5H2,1H3,(H,15,18)(H,16,17). The third kappa shape index (κ3) is 2.28. The first-order valence-corrected chi connectivity index (χ1v) is 6.51. The maximum absolute atomic E-state index is 12.1. The molecule has 1 aromatic rings. The summed E-state index contributed by atoms with van der Waals surface area (Å²) in [5.74, 6) is 0.281. The Hall–Kier alpha value is -2.04. The van der Waals surface area contributed by atoms with E-state index in [0.29, 0.717) is 29.5 Å². The van der Waals surface area contributed by atoms with Crippen molar-refractivity contribution in [1.82, 2.24) is 10.6 Å². The lowest BCUT2D eigenvalue weighted by Crippen LogP contribution is -2.26. The summed E-state index contributed by atoms with van der Waals surface area (Å²) in [5.41, 5.74) is 1.91. The number of rotatable bonds is 3. The van der Waals surface area contributed by atoms with Crippen molar-refractivity contribution in [2.24, 2.45) is 0 Å². The molecule has 1 aromatic carbocycles. The maximum Gasteiger partial charge on any atom is 0.254 e. The van der Waals surface area contributed by atoms with Crippen LogP contribution in [-0.4, -0.2) is 31.5 Å². The van der Waals surface area contributed by atoms with Crippen LogP contribution in [-0.2, 0) is 6.42 Å². The third-order valence-electron chi connectivity index (χ3n) is 3.43. The molecule has 3 rings (SSSR count). The second kappa shape index (κ2) is 4.57. The lowest BCUT2D eigenvalue weighted by atomic mass is 10.0. The average molecular weight is 260 g/mol. The number of ether oxygens (including phenoxy) is 1. The molecule has 0 atom stereocenters. The van der Waals surface area contributed by atoms with Gasteiger partial charge in [-0.15, -0.1) is 0 Å². The monoisotopic (exact) mass is 260 g/mol. The second-order valence-electron chi connectivity index (χ2n) is 4.94. The summed E-state index contributed by atoms with van der Waals surface area (Å²) in [6.45, 7) is 0.563. The number of nitrogens with one attached hydrogen (secondary N) is 2. The normalized spacial score (nSPS) is 16.5. The van der Waals surface area contributed by atoms with E-state index < -0.39 is 0 Å². The molecule has 2 aliphatic rings. The van der Waals surface area contributed by atoms with E-state index in [1.165, 1.54) is 0 Å². The highest BCUT2D eigenvalue weighted by Crippen LogP contribution is 2.31. The molecule has 0 unspecified atom stereocenters. The SMILES string of the molecule is CNC(=O)c1cc(C(=O)NC2CC2)cc2c1OCC2. The van der Waals surface area contributed by atoms with Gasteiger partial charge in [-0.1, -0.05) is 0 Å². The van der Waals surface area contributed by atoms with Crippen molar-refractivity contribution in [3.05, 3.63) is 28.8 Å². The van der Waals surface area contributed by atoms with Gasteiger partial charge in [0, 0.05) is 25.1 Å². The molecule has 2 amide bonds. The molecular weight excluding hydrogens is 244 g/mol. The Bertz CT molecular complexity index is 550. The quantitative estimate of drug-likeness (QED) is 0.847. The van der Waals surface area contributed by atoms with Gasteiger partial charge in [0.25, 0.3) is 11.8 Å². The lowest BCUT2D eigenvalue weighted by molar-refractivity contribution is 0.0951. The number of carbonyl (C=O) groups excluding carboxylic acids is 2. The van der Waals surface area contributed by atoms with Crippen LogP contribution in [0.5, 0.6) is 5.75 Å². The second-order valence-corrected chi connectivity index (χ2v) is 4.94. The van der Waals surface area contributed by atoms with Crippen LogP contribution in [0.2, 0.25) is 0 Å². The molecule has 5 nitrogen and oxygen atoms in total. The fraction of sp³-hybridized carbons (Fsp3) is 0.429. The number of benzene rings is 1. The topological polar surface area (TPSA) is 67.4 Å². The fourth-order valence-electron chi connectivity index (χ4n) is 2.24. The first-order valence-electron chi connectivity index (χ1n) is 6.51. The van der Waals surface area contributed by atoms with Gasteiger partial charge in [0.05, 0.1) is 12.2 Å².